The predicted octanol–water partition coefficient (Wildman–Crippen LogP) is -2.54. The quantitative estimate of drug-likeness (QED) is 0.456. The first-order chi connectivity index (χ1) is 4.13. The van der Waals surface area contributed by atoms with E-state index in [1.54, 1.807) is 0 Å². The molecule has 0 spiro atoms. The highest BCUT2D eigenvalue weighted by Gasteiger charge is 2.05. The molecule has 5 heteroatoms. The van der Waals surface area contributed by atoms with Gasteiger partial charge in [-0.05, 0) is 0 Å². The Morgan fingerprint density at radius 2 is 1.33 bits per heavy atom. The Hall–Kier alpha value is -1.10. The van der Waals surface area contributed by atoms with Crippen LogP contribution in [0.5, 0.6) is 0 Å². The molecule has 0 aromatic carbocycles. The Balaban J connectivity index is 3.10. The standard InChI is InChI=1S/C4H5NO4/c6-3(7)1-5-2-4(8)9/h5H,1-2H2/p+1. The molecule has 0 bridgehead atoms. The fourth-order valence-electron chi connectivity index (χ4n) is 0.308. The Kier molecular flexibility index (Phi) is 3.38. The van der Waals surface area contributed by atoms with Crippen molar-refractivity contribution in [2.45, 2.75) is 0 Å². The lowest BCUT2D eigenvalue weighted by atomic mass is 10.6. The van der Waals surface area contributed by atoms with Crippen molar-refractivity contribution in [2.24, 2.45) is 0 Å². The Labute approximate surface area is 51.3 Å². The van der Waals surface area contributed by atoms with E-state index in [2.05, 4.69) is 0 Å². The van der Waals surface area contributed by atoms with Crippen LogP contribution in [0.1, 0.15) is 0 Å². The fourth-order valence-corrected chi connectivity index (χ4v) is 0.308. The van der Waals surface area contributed by atoms with Crippen molar-refractivity contribution < 1.29 is 25.1 Å². The second kappa shape index (κ2) is 3.85. The molecular formula is C4H6NO4+. The van der Waals surface area contributed by atoms with E-state index >= 15 is 0 Å². The highest BCUT2D eigenvalue weighted by Crippen LogP contribution is 1.52. The third kappa shape index (κ3) is 6.90. The number of hydrogen-bond donors (Lipinski definition) is 1. The summed E-state index contributed by atoms with van der Waals surface area (Å²) >= 11 is 0. The molecule has 2 N–H and O–H groups in total. The van der Waals surface area contributed by atoms with Gasteiger partial charge in [-0.3, -0.25) is 0 Å². The van der Waals surface area contributed by atoms with Gasteiger partial charge in [0.05, 0.1) is 0 Å². The van der Waals surface area contributed by atoms with Gasteiger partial charge in [0, 0.05) is 0 Å². The Bertz CT molecular complexity index is 108. The molecule has 0 aliphatic carbocycles. The molecule has 0 atom stereocenters. The number of carbonyl (C=O) groups excluding carboxylic acids is 2. The molecule has 0 aliphatic heterocycles. The molecule has 0 saturated carbocycles. The molecule has 5 nitrogen and oxygen atoms in total. The van der Waals surface area contributed by atoms with E-state index in [9.17, 15) is 19.8 Å². The van der Waals surface area contributed by atoms with Crippen LogP contribution in [-0.4, -0.2) is 25.0 Å². The molecule has 0 amide bonds. The number of carbonyl (C=O) groups is 2. The molecule has 0 unspecified atom stereocenters. The van der Waals surface area contributed by atoms with Gasteiger partial charge in [-0.1, -0.05) is 0 Å². The first-order valence-corrected chi connectivity index (χ1v) is 2.34. The van der Waals surface area contributed by atoms with Crippen molar-refractivity contribution in [2.75, 3.05) is 13.1 Å². The van der Waals surface area contributed by atoms with Crippen LogP contribution < -0.4 is 5.32 Å². The van der Waals surface area contributed by atoms with E-state index in [1.165, 1.54) is 0 Å². The van der Waals surface area contributed by atoms with Crippen LogP contribution in [0.4, 0.5) is 0 Å². The monoisotopic (exact) mass is 132 g/mol. The second-order valence-corrected chi connectivity index (χ2v) is 1.44. The lowest BCUT2D eigenvalue weighted by Crippen LogP contribution is -2.87. The number of rotatable bonds is 4. The normalized spacial score (nSPS) is 8.89. The van der Waals surface area contributed by atoms with E-state index in [0.29, 0.717) is 0 Å². The molecule has 9 heavy (non-hydrogen) atoms. The third-order valence-corrected chi connectivity index (χ3v) is 0.622. The SMILES string of the molecule is [O]C(=O)C[NH2+]CC([O])=O. The van der Waals surface area contributed by atoms with Gasteiger partial charge in [-0.15, -0.1) is 0 Å². The highest BCUT2D eigenvalue weighted by atomic mass is 16.4. The van der Waals surface area contributed by atoms with E-state index in [1.807, 2.05) is 0 Å². The molecule has 0 rings (SSSR count). The molecule has 0 aliphatic rings. The van der Waals surface area contributed by atoms with Crippen molar-refractivity contribution >= 4 is 11.9 Å². The van der Waals surface area contributed by atoms with E-state index in [0.717, 1.165) is 5.32 Å². The summed E-state index contributed by atoms with van der Waals surface area (Å²) in [5, 5.41) is 20.3. The maximum Gasteiger partial charge on any atom is 0.409 e. The van der Waals surface area contributed by atoms with Crippen molar-refractivity contribution in [1.29, 1.82) is 0 Å². The lowest BCUT2D eigenvalue weighted by molar-refractivity contribution is -0.636. The van der Waals surface area contributed by atoms with Gasteiger partial charge >= 0.3 is 11.9 Å². The Morgan fingerprint density at radius 3 is 1.56 bits per heavy atom. The van der Waals surface area contributed by atoms with Crippen LogP contribution in [0, 0.1) is 0 Å². The summed E-state index contributed by atoms with van der Waals surface area (Å²) in [6.45, 7) is -0.679. The molecule has 50 valence electrons. The smallest absolute Gasteiger partial charge is 0.327 e. The number of nitrogens with two attached hydrogens (primary N) is 1. The maximum atomic E-state index is 9.63. The average Bonchev–Trinajstić information content (AvgIpc) is 1.63. The van der Waals surface area contributed by atoms with E-state index in [4.69, 9.17) is 0 Å². The second-order valence-electron chi connectivity index (χ2n) is 1.44. The number of quaternary nitrogens is 1. The molecule has 0 fully saturated rings. The molecular weight excluding hydrogens is 126 g/mol. The highest BCUT2D eigenvalue weighted by molar-refractivity contribution is 5.69. The van der Waals surface area contributed by atoms with Gasteiger partial charge in [-0.25, -0.2) is 19.8 Å². The minimum absolute atomic E-state index is 0.339. The average molecular weight is 132 g/mol. The van der Waals surface area contributed by atoms with Gasteiger partial charge in [0.2, 0.25) is 0 Å². The number of hydrogen-bond acceptors (Lipinski definition) is 2. The zero-order valence-electron chi connectivity index (χ0n) is 4.62. The summed E-state index contributed by atoms with van der Waals surface area (Å²) in [4.78, 5) is 19.3. The first-order valence-electron chi connectivity index (χ1n) is 2.34. The van der Waals surface area contributed by atoms with E-state index < -0.39 is 11.9 Å². The van der Waals surface area contributed by atoms with Gasteiger partial charge in [0.25, 0.3) is 0 Å². The van der Waals surface area contributed by atoms with Gasteiger partial charge in [-0.2, -0.15) is 0 Å². The summed E-state index contributed by atoms with van der Waals surface area (Å²) < 4.78 is 0. The Morgan fingerprint density at radius 1 is 1.00 bits per heavy atom. The minimum Gasteiger partial charge on any atom is -0.327 e. The van der Waals surface area contributed by atoms with Gasteiger partial charge in [0.1, 0.15) is 0 Å². The van der Waals surface area contributed by atoms with Crippen molar-refractivity contribution in [3.63, 3.8) is 0 Å². The zero-order chi connectivity index (χ0) is 7.28. The fraction of sp³-hybridized carbons (Fsp3) is 0.500. The van der Waals surface area contributed by atoms with Crippen molar-refractivity contribution in [3.8, 4) is 0 Å². The zero-order valence-corrected chi connectivity index (χ0v) is 4.62. The first kappa shape index (κ1) is 7.90. The minimum atomic E-state index is -1.28. The summed E-state index contributed by atoms with van der Waals surface area (Å²) in [6, 6.07) is 0. The molecule has 0 heterocycles. The molecule has 0 saturated heterocycles. The van der Waals surface area contributed by atoms with Crippen LogP contribution >= 0.6 is 0 Å². The molecule has 0 aromatic rings. The van der Waals surface area contributed by atoms with Gasteiger partial charge in [0.15, 0.2) is 13.1 Å². The predicted molar refractivity (Wildman–Crippen MR) is 23.0 cm³/mol. The topological polar surface area (TPSA) is 90.5 Å². The largest absolute Gasteiger partial charge is 0.409 e. The molecule has 0 aromatic heterocycles. The summed E-state index contributed by atoms with van der Waals surface area (Å²) in [7, 11) is 0. The summed E-state index contributed by atoms with van der Waals surface area (Å²) in [5.41, 5.74) is 0. The third-order valence-electron chi connectivity index (χ3n) is 0.622. The lowest BCUT2D eigenvalue weighted by Gasteiger charge is -1.86. The van der Waals surface area contributed by atoms with Crippen LogP contribution in [0.3, 0.4) is 0 Å². The van der Waals surface area contributed by atoms with Crippen LogP contribution in [0.15, 0.2) is 0 Å². The van der Waals surface area contributed by atoms with Crippen LogP contribution in [0.25, 0.3) is 0 Å². The van der Waals surface area contributed by atoms with Crippen LogP contribution in [-0.2, 0) is 19.8 Å². The molecule has 2 radical (unpaired) electrons. The van der Waals surface area contributed by atoms with Gasteiger partial charge < -0.3 is 5.32 Å². The van der Waals surface area contributed by atoms with Crippen molar-refractivity contribution in [3.05, 3.63) is 0 Å². The summed E-state index contributed by atoms with van der Waals surface area (Å²) in [5.74, 6) is -2.56. The summed E-state index contributed by atoms with van der Waals surface area (Å²) in [6.07, 6.45) is 0. The van der Waals surface area contributed by atoms with Crippen LogP contribution in [0.2, 0.25) is 0 Å². The van der Waals surface area contributed by atoms with Crippen molar-refractivity contribution in [1.82, 2.24) is 0 Å². The van der Waals surface area contributed by atoms with E-state index in [-0.39, 0.29) is 13.1 Å². The maximum absolute atomic E-state index is 9.63.